The van der Waals surface area contributed by atoms with Gasteiger partial charge in [0.05, 0.1) is 38.6 Å². The van der Waals surface area contributed by atoms with Crippen molar-refractivity contribution in [2.75, 3.05) is 38.5 Å². The molecule has 0 spiro atoms. The van der Waals surface area contributed by atoms with Gasteiger partial charge in [-0.05, 0) is 18.2 Å². The van der Waals surface area contributed by atoms with Gasteiger partial charge in [-0.3, -0.25) is 4.79 Å². The number of rotatable bonds is 7. The maximum absolute atomic E-state index is 13.6. The van der Waals surface area contributed by atoms with Crippen molar-refractivity contribution in [1.82, 2.24) is 0 Å². The number of halogens is 2. The Bertz CT molecular complexity index is 771. The highest BCUT2D eigenvalue weighted by molar-refractivity contribution is 6.32. The highest BCUT2D eigenvalue weighted by atomic mass is 35.5. The van der Waals surface area contributed by atoms with Gasteiger partial charge in [0.1, 0.15) is 11.5 Å². The first-order valence-corrected chi connectivity index (χ1v) is 7.65. The minimum atomic E-state index is -0.517. The largest absolute Gasteiger partial charge is 0.495 e. The Labute approximate surface area is 149 Å². The molecule has 134 valence electrons. The molecule has 6 nitrogen and oxygen atoms in total. The molecule has 0 saturated heterocycles. The summed E-state index contributed by atoms with van der Waals surface area (Å²) in [6.45, 7) is -0.0709. The van der Waals surface area contributed by atoms with Crippen LogP contribution in [0.2, 0.25) is 5.02 Å². The molecule has 0 heterocycles. The molecule has 2 aromatic rings. The summed E-state index contributed by atoms with van der Waals surface area (Å²) < 4.78 is 28.8. The topological polar surface area (TPSA) is 68.8 Å². The van der Waals surface area contributed by atoms with Crippen LogP contribution in [-0.2, 0) is 4.79 Å². The van der Waals surface area contributed by atoms with Crippen molar-refractivity contribution in [3.8, 4) is 17.2 Å². The van der Waals surface area contributed by atoms with Crippen molar-refractivity contribution >= 4 is 28.9 Å². The molecule has 8 heteroatoms. The molecule has 2 N–H and O–H groups in total. The summed E-state index contributed by atoms with van der Waals surface area (Å²) in [6, 6.07) is 7.44. The van der Waals surface area contributed by atoms with Crippen LogP contribution in [0, 0.1) is 5.82 Å². The van der Waals surface area contributed by atoms with Gasteiger partial charge in [-0.1, -0.05) is 11.6 Å². The van der Waals surface area contributed by atoms with Crippen LogP contribution in [0.4, 0.5) is 15.8 Å². The predicted molar refractivity (Wildman–Crippen MR) is 94.6 cm³/mol. The standard InChI is InChI=1S/C17H18ClFN2O4/c1-23-14-5-4-10(6-12(14)19)20-9-17(22)21-13-7-11(18)15(24-2)8-16(13)25-3/h4-8,20H,9H2,1-3H3,(H,21,22). The van der Waals surface area contributed by atoms with E-state index in [9.17, 15) is 9.18 Å². The van der Waals surface area contributed by atoms with Crippen LogP contribution in [0.3, 0.4) is 0 Å². The fourth-order valence-corrected chi connectivity index (χ4v) is 2.35. The van der Waals surface area contributed by atoms with Crippen LogP contribution in [0.1, 0.15) is 0 Å². The van der Waals surface area contributed by atoms with Crippen molar-refractivity contribution in [3.63, 3.8) is 0 Å². The SMILES string of the molecule is COc1ccc(NCC(=O)Nc2cc(Cl)c(OC)cc2OC)cc1F. The summed E-state index contributed by atoms with van der Waals surface area (Å²) in [5, 5.41) is 5.84. The highest BCUT2D eigenvalue weighted by Crippen LogP contribution is 2.35. The molecule has 0 aliphatic carbocycles. The lowest BCUT2D eigenvalue weighted by atomic mass is 10.2. The second-order valence-corrected chi connectivity index (χ2v) is 5.35. The second-order valence-electron chi connectivity index (χ2n) is 4.94. The lowest BCUT2D eigenvalue weighted by Crippen LogP contribution is -2.22. The number of ether oxygens (including phenoxy) is 3. The van der Waals surface area contributed by atoms with E-state index in [-0.39, 0.29) is 18.2 Å². The van der Waals surface area contributed by atoms with Crippen LogP contribution < -0.4 is 24.8 Å². The average Bonchev–Trinajstić information content (AvgIpc) is 2.60. The number of carbonyl (C=O) groups is 1. The van der Waals surface area contributed by atoms with E-state index in [4.69, 9.17) is 25.8 Å². The van der Waals surface area contributed by atoms with Gasteiger partial charge in [-0.25, -0.2) is 4.39 Å². The minimum absolute atomic E-state index is 0.0709. The van der Waals surface area contributed by atoms with Gasteiger partial charge in [-0.15, -0.1) is 0 Å². The molecule has 0 fully saturated rings. The normalized spacial score (nSPS) is 10.1. The van der Waals surface area contributed by atoms with E-state index in [2.05, 4.69) is 10.6 Å². The predicted octanol–water partition coefficient (Wildman–Crippen LogP) is 3.56. The van der Waals surface area contributed by atoms with Crippen molar-refractivity contribution in [1.29, 1.82) is 0 Å². The van der Waals surface area contributed by atoms with E-state index < -0.39 is 5.82 Å². The first-order chi connectivity index (χ1) is 12.0. The van der Waals surface area contributed by atoms with E-state index in [1.807, 2.05) is 0 Å². The molecule has 0 radical (unpaired) electrons. The van der Waals surface area contributed by atoms with E-state index in [1.54, 1.807) is 12.1 Å². The van der Waals surface area contributed by atoms with Crippen LogP contribution in [0.25, 0.3) is 0 Å². The van der Waals surface area contributed by atoms with E-state index in [0.29, 0.717) is 27.9 Å². The fourth-order valence-electron chi connectivity index (χ4n) is 2.11. The molecule has 2 aromatic carbocycles. The van der Waals surface area contributed by atoms with E-state index in [0.717, 1.165) is 0 Å². The summed E-state index contributed by atoms with van der Waals surface area (Å²) in [4.78, 5) is 12.1. The summed E-state index contributed by atoms with van der Waals surface area (Å²) in [5.74, 6) is 0.105. The molecule has 0 aliphatic heterocycles. The highest BCUT2D eigenvalue weighted by Gasteiger charge is 2.13. The quantitative estimate of drug-likeness (QED) is 0.782. The van der Waals surface area contributed by atoms with E-state index >= 15 is 0 Å². The number of benzene rings is 2. The zero-order valence-electron chi connectivity index (χ0n) is 14.0. The third kappa shape index (κ3) is 4.67. The Hall–Kier alpha value is -2.67. The van der Waals surface area contributed by atoms with Crippen LogP contribution in [0.15, 0.2) is 30.3 Å². The van der Waals surface area contributed by atoms with Gasteiger partial charge in [-0.2, -0.15) is 0 Å². The van der Waals surface area contributed by atoms with Gasteiger partial charge < -0.3 is 24.8 Å². The number of hydrogen-bond acceptors (Lipinski definition) is 5. The number of carbonyl (C=O) groups excluding carboxylic acids is 1. The molecule has 1 amide bonds. The second kappa shape index (κ2) is 8.43. The summed E-state index contributed by atoms with van der Waals surface area (Å²) >= 11 is 6.06. The maximum Gasteiger partial charge on any atom is 0.243 e. The summed E-state index contributed by atoms with van der Waals surface area (Å²) in [7, 11) is 4.33. The molecule has 25 heavy (non-hydrogen) atoms. The van der Waals surface area contributed by atoms with Gasteiger partial charge in [0.15, 0.2) is 11.6 Å². The third-order valence-electron chi connectivity index (χ3n) is 3.35. The Kier molecular flexibility index (Phi) is 6.30. The van der Waals surface area contributed by atoms with Crippen LogP contribution in [0.5, 0.6) is 17.2 Å². The minimum Gasteiger partial charge on any atom is -0.495 e. The fraction of sp³-hybridized carbons (Fsp3) is 0.235. The third-order valence-corrected chi connectivity index (χ3v) is 3.65. The first kappa shape index (κ1) is 18.7. The zero-order chi connectivity index (χ0) is 18.4. The maximum atomic E-state index is 13.6. The summed E-state index contributed by atoms with van der Waals surface area (Å²) in [6.07, 6.45) is 0. The van der Waals surface area contributed by atoms with E-state index in [1.165, 1.54) is 39.5 Å². The average molecular weight is 369 g/mol. The van der Waals surface area contributed by atoms with Crippen LogP contribution >= 0.6 is 11.6 Å². The lowest BCUT2D eigenvalue weighted by molar-refractivity contribution is -0.114. The number of methoxy groups -OCH3 is 3. The van der Waals surface area contributed by atoms with Gasteiger partial charge in [0.2, 0.25) is 5.91 Å². The van der Waals surface area contributed by atoms with Gasteiger partial charge in [0.25, 0.3) is 0 Å². The molecular weight excluding hydrogens is 351 g/mol. The van der Waals surface area contributed by atoms with Gasteiger partial charge >= 0.3 is 0 Å². The Morgan fingerprint density at radius 1 is 1.04 bits per heavy atom. The molecule has 0 aromatic heterocycles. The summed E-state index contributed by atoms with van der Waals surface area (Å²) in [5.41, 5.74) is 0.856. The molecule has 0 aliphatic rings. The number of amides is 1. The molecule has 2 rings (SSSR count). The van der Waals surface area contributed by atoms with Crippen molar-refractivity contribution in [2.24, 2.45) is 0 Å². The van der Waals surface area contributed by atoms with Gasteiger partial charge in [0, 0.05) is 17.8 Å². The molecule has 0 saturated carbocycles. The van der Waals surface area contributed by atoms with Crippen LogP contribution in [-0.4, -0.2) is 33.8 Å². The number of anilines is 2. The van der Waals surface area contributed by atoms with Crippen molar-refractivity contribution in [3.05, 3.63) is 41.2 Å². The Balaban J connectivity index is 2.03. The van der Waals surface area contributed by atoms with Crippen molar-refractivity contribution in [2.45, 2.75) is 0 Å². The molecular formula is C17H18ClFN2O4. The van der Waals surface area contributed by atoms with Crippen molar-refractivity contribution < 1.29 is 23.4 Å². The monoisotopic (exact) mass is 368 g/mol. The first-order valence-electron chi connectivity index (χ1n) is 7.27. The number of nitrogens with one attached hydrogen (secondary N) is 2. The Morgan fingerprint density at radius 3 is 2.32 bits per heavy atom. The molecule has 0 atom stereocenters. The molecule has 0 bridgehead atoms. The Morgan fingerprint density at radius 2 is 1.72 bits per heavy atom. The zero-order valence-corrected chi connectivity index (χ0v) is 14.7. The smallest absolute Gasteiger partial charge is 0.243 e. The lowest BCUT2D eigenvalue weighted by Gasteiger charge is -2.14. The molecule has 0 unspecified atom stereocenters. The number of hydrogen-bond donors (Lipinski definition) is 2.